The maximum absolute atomic E-state index is 6.37. The molecule has 9 heteroatoms. The van der Waals surface area contributed by atoms with E-state index in [1.54, 1.807) is 11.7 Å². The summed E-state index contributed by atoms with van der Waals surface area (Å²) in [6.07, 6.45) is 0. The van der Waals surface area contributed by atoms with Crippen LogP contribution in [0.15, 0.2) is 18.2 Å². The summed E-state index contributed by atoms with van der Waals surface area (Å²) >= 11 is 6.37. The lowest BCUT2D eigenvalue weighted by atomic mass is 10.1. The molecule has 0 spiro atoms. The molecule has 3 rings (SSSR count). The molecule has 0 radical (unpaired) electrons. The molecule has 0 aliphatic rings. The predicted molar refractivity (Wildman–Crippen MR) is 98.9 cm³/mol. The first-order chi connectivity index (χ1) is 12.5. The third-order valence-corrected chi connectivity index (χ3v) is 4.16. The second kappa shape index (κ2) is 7.76. The lowest BCUT2D eigenvalue weighted by molar-refractivity contribution is 0.141. The average Bonchev–Trinajstić information content (AvgIpc) is 2.96. The normalized spacial score (nSPS) is 11.1. The molecule has 0 saturated heterocycles. The molecule has 138 valence electrons. The van der Waals surface area contributed by atoms with E-state index in [1.165, 1.54) is 7.11 Å². The van der Waals surface area contributed by atoms with Crippen LogP contribution in [-0.4, -0.2) is 47.0 Å². The highest BCUT2D eigenvalue weighted by Gasteiger charge is 2.19. The maximum atomic E-state index is 6.37. The molecule has 26 heavy (non-hydrogen) atoms. The first kappa shape index (κ1) is 18.2. The van der Waals surface area contributed by atoms with E-state index in [9.17, 15) is 0 Å². The molecule has 3 aromatic rings. The van der Waals surface area contributed by atoms with E-state index >= 15 is 0 Å². The second-order valence-corrected chi connectivity index (χ2v) is 6.09. The number of hydrogen-bond acceptors (Lipinski definition) is 7. The summed E-state index contributed by atoms with van der Waals surface area (Å²) in [5, 5.41) is 0.660. The van der Waals surface area contributed by atoms with Crippen LogP contribution in [0.3, 0.4) is 0 Å². The van der Waals surface area contributed by atoms with Crippen LogP contribution in [0.1, 0.15) is 11.1 Å². The molecule has 0 atom stereocenters. The Bertz CT molecular complexity index is 928. The van der Waals surface area contributed by atoms with Crippen LogP contribution in [0.4, 0.5) is 5.82 Å². The fraction of sp³-hybridized carbons (Fsp3) is 0.353. The number of hydrogen-bond donors (Lipinski definition) is 1. The number of aryl methyl sites for hydroxylation is 1. The van der Waals surface area contributed by atoms with Gasteiger partial charge in [-0.15, -0.1) is 0 Å². The first-order valence-electron chi connectivity index (χ1n) is 7.98. The van der Waals surface area contributed by atoms with Gasteiger partial charge in [0.2, 0.25) is 0 Å². The van der Waals surface area contributed by atoms with E-state index in [-0.39, 0.29) is 11.8 Å². The van der Waals surface area contributed by atoms with Crippen LogP contribution >= 0.6 is 11.6 Å². The standard InChI is InChI=1S/C17H20ClN5O3/c1-10-4-5-11(12(18)8-10)9-23-15-13(20-17(23)25-3)14(19)21-16(22-15)26-7-6-24-2/h4-5,8H,6-7,9H2,1-3H3,(H2,19,21,22). The minimum Gasteiger partial charge on any atom is -0.468 e. The largest absolute Gasteiger partial charge is 0.468 e. The van der Waals surface area contributed by atoms with Gasteiger partial charge in [-0.25, -0.2) is 0 Å². The lowest BCUT2D eigenvalue weighted by Gasteiger charge is -2.10. The van der Waals surface area contributed by atoms with Gasteiger partial charge >= 0.3 is 6.01 Å². The average molecular weight is 378 g/mol. The number of methoxy groups -OCH3 is 2. The fourth-order valence-corrected chi connectivity index (χ4v) is 2.81. The topological polar surface area (TPSA) is 97.3 Å². The minimum atomic E-state index is 0.158. The van der Waals surface area contributed by atoms with Crippen molar-refractivity contribution in [3.63, 3.8) is 0 Å². The first-order valence-corrected chi connectivity index (χ1v) is 8.35. The lowest BCUT2D eigenvalue weighted by Crippen LogP contribution is -2.09. The molecule has 2 heterocycles. The molecule has 2 aromatic heterocycles. The monoisotopic (exact) mass is 377 g/mol. The molecule has 2 N–H and O–H groups in total. The maximum Gasteiger partial charge on any atom is 0.320 e. The summed E-state index contributed by atoms with van der Waals surface area (Å²) in [5.74, 6) is 0.217. The number of rotatable bonds is 7. The van der Waals surface area contributed by atoms with E-state index in [1.807, 2.05) is 25.1 Å². The number of fused-ring (bicyclic) bond motifs is 1. The highest BCUT2D eigenvalue weighted by molar-refractivity contribution is 6.31. The molecule has 0 aliphatic heterocycles. The zero-order chi connectivity index (χ0) is 18.7. The van der Waals surface area contributed by atoms with Gasteiger partial charge in [0, 0.05) is 12.1 Å². The third kappa shape index (κ3) is 3.66. The molecule has 1 aromatic carbocycles. The van der Waals surface area contributed by atoms with Crippen molar-refractivity contribution in [2.45, 2.75) is 13.5 Å². The Kier molecular flexibility index (Phi) is 5.43. The Morgan fingerprint density at radius 2 is 1.96 bits per heavy atom. The van der Waals surface area contributed by atoms with Crippen molar-refractivity contribution in [3.8, 4) is 12.0 Å². The summed E-state index contributed by atoms with van der Waals surface area (Å²) in [7, 11) is 3.13. The molecule has 0 unspecified atom stereocenters. The van der Waals surface area contributed by atoms with Gasteiger partial charge in [0.1, 0.15) is 6.61 Å². The van der Waals surface area contributed by atoms with Crippen molar-refractivity contribution in [2.75, 3.05) is 33.2 Å². The highest BCUT2D eigenvalue weighted by Crippen LogP contribution is 2.28. The number of nitrogen functional groups attached to an aromatic ring is 1. The van der Waals surface area contributed by atoms with Gasteiger partial charge < -0.3 is 19.9 Å². The summed E-state index contributed by atoms with van der Waals surface area (Å²) in [6.45, 7) is 3.15. The summed E-state index contributed by atoms with van der Waals surface area (Å²) in [5.41, 5.74) is 8.98. The van der Waals surface area contributed by atoms with Crippen LogP contribution in [0.2, 0.25) is 5.02 Å². The van der Waals surface area contributed by atoms with E-state index in [4.69, 9.17) is 31.5 Å². The Balaban J connectivity index is 2.04. The highest BCUT2D eigenvalue weighted by atomic mass is 35.5. The third-order valence-electron chi connectivity index (χ3n) is 3.80. The van der Waals surface area contributed by atoms with Crippen molar-refractivity contribution in [1.82, 2.24) is 19.5 Å². The number of benzene rings is 1. The molecular weight excluding hydrogens is 358 g/mol. The summed E-state index contributed by atoms with van der Waals surface area (Å²) in [6, 6.07) is 6.39. The van der Waals surface area contributed by atoms with Crippen LogP contribution in [0.25, 0.3) is 11.2 Å². The SMILES string of the molecule is COCCOc1nc(N)c2nc(OC)n(Cc3ccc(C)cc3Cl)c2n1. The summed E-state index contributed by atoms with van der Waals surface area (Å²) < 4.78 is 17.6. The van der Waals surface area contributed by atoms with Crippen molar-refractivity contribution in [2.24, 2.45) is 0 Å². The molecule has 0 aliphatic carbocycles. The van der Waals surface area contributed by atoms with Crippen molar-refractivity contribution in [3.05, 3.63) is 34.3 Å². The minimum absolute atomic E-state index is 0.158. The van der Waals surface area contributed by atoms with Crippen molar-refractivity contribution in [1.29, 1.82) is 0 Å². The Labute approximate surface area is 155 Å². The summed E-state index contributed by atoms with van der Waals surface area (Å²) in [4.78, 5) is 12.9. The van der Waals surface area contributed by atoms with Gasteiger partial charge in [-0.2, -0.15) is 15.0 Å². The van der Waals surface area contributed by atoms with Crippen molar-refractivity contribution >= 4 is 28.6 Å². The number of anilines is 1. The number of ether oxygens (including phenoxy) is 3. The fourth-order valence-electron chi connectivity index (χ4n) is 2.51. The number of nitrogens with zero attached hydrogens (tertiary/aromatic N) is 4. The zero-order valence-corrected chi connectivity index (χ0v) is 15.6. The van der Waals surface area contributed by atoms with E-state index < -0.39 is 0 Å². The van der Waals surface area contributed by atoms with Crippen LogP contribution in [0, 0.1) is 6.92 Å². The van der Waals surface area contributed by atoms with E-state index in [0.717, 1.165) is 11.1 Å². The molecular formula is C17H20ClN5O3. The Morgan fingerprint density at radius 1 is 1.15 bits per heavy atom. The number of halogens is 1. The van der Waals surface area contributed by atoms with Gasteiger partial charge in [-0.3, -0.25) is 4.57 Å². The van der Waals surface area contributed by atoms with E-state index in [0.29, 0.717) is 42.0 Å². The smallest absolute Gasteiger partial charge is 0.320 e. The van der Waals surface area contributed by atoms with Crippen LogP contribution in [0.5, 0.6) is 12.0 Å². The quantitative estimate of drug-likeness (QED) is 0.631. The Hall–Kier alpha value is -2.58. The van der Waals surface area contributed by atoms with Gasteiger partial charge in [-0.05, 0) is 24.1 Å². The molecule has 0 amide bonds. The van der Waals surface area contributed by atoms with Gasteiger partial charge in [-0.1, -0.05) is 23.7 Å². The van der Waals surface area contributed by atoms with Gasteiger partial charge in [0.25, 0.3) is 6.01 Å². The molecule has 0 saturated carbocycles. The van der Waals surface area contributed by atoms with Crippen LogP contribution < -0.4 is 15.2 Å². The zero-order valence-electron chi connectivity index (χ0n) is 14.8. The number of nitrogens with two attached hydrogens (primary N) is 1. The predicted octanol–water partition coefficient (Wildman–Crippen LogP) is 2.45. The van der Waals surface area contributed by atoms with Crippen LogP contribution in [-0.2, 0) is 11.3 Å². The second-order valence-electron chi connectivity index (χ2n) is 5.68. The number of aromatic nitrogens is 4. The van der Waals surface area contributed by atoms with Gasteiger partial charge in [0.05, 0.1) is 20.3 Å². The molecule has 8 nitrogen and oxygen atoms in total. The molecule has 0 bridgehead atoms. The Morgan fingerprint density at radius 3 is 2.65 bits per heavy atom. The van der Waals surface area contributed by atoms with Gasteiger partial charge in [0.15, 0.2) is 17.0 Å². The molecule has 0 fully saturated rings. The van der Waals surface area contributed by atoms with E-state index in [2.05, 4.69) is 15.0 Å². The van der Waals surface area contributed by atoms with Crippen molar-refractivity contribution < 1.29 is 14.2 Å². The number of imidazole rings is 1.